The molecule has 1 aliphatic carbocycles. The number of guanidine groups is 1. The van der Waals surface area contributed by atoms with Gasteiger partial charge in [0.2, 0.25) is 5.91 Å². The Morgan fingerprint density at radius 1 is 1.19 bits per heavy atom. The number of halogens is 1. The Morgan fingerprint density at radius 2 is 2.00 bits per heavy atom. The third-order valence-electron chi connectivity index (χ3n) is 5.89. The molecule has 0 aromatic heterocycles. The van der Waals surface area contributed by atoms with Crippen LogP contribution in [0.25, 0.3) is 0 Å². The Bertz CT molecular complexity index is 734. The molecule has 3 N–H and O–H groups in total. The molecule has 2 aliphatic rings. The minimum absolute atomic E-state index is 0. The number of aliphatic imine (C=N–C) groups is 1. The van der Waals surface area contributed by atoms with Crippen LogP contribution < -0.4 is 20.7 Å². The van der Waals surface area contributed by atoms with E-state index in [0.29, 0.717) is 25.6 Å². The van der Waals surface area contributed by atoms with Crippen molar-refractivity contribution in [3.63, 3.8) is 0 Å². The van der Waals surface area contributed by atoms with Gasteiger partial charge >= 0.3 is 0 Å². The molecule has 1 aromatic rings. The first-order chi connectivity index (χ1) is 15.2. The predicted octanol–water partition coefficient (Wildman–Crippen LogP) is 3.39. The van der Waals surface area contributed by atoms with Gasteiger partial charge in [0.15, 0.2) is 5.96 Å². The molecule has 180 valence electrons. The molecular weight excluding hydrogens is 519 g/mol. The highest BCUT2D eigenvalue weighted by Gasteiger charge is 2.24. The molecule has 0 bridgehead atoms. The number of nitrogens with zero attached hydrogens (tertiary/aromatic N) is 1. The van der Waals surface area contributed by atoms with Gasteiger partial charge in [-0.3, -0.25) is 4.79 Å². The van der Waals surface area contributed by atoms with Crippen molar-refractivity contribution in [1.29, 1.82) is 0 Å². The monoisotopic (exact) mass is 558 g/mol. The number of carbonyl (C=O) groups excluding carboxylic acids is 1. The molecule has 1 heterocycles. The van der Waals surface area contributed by atoms with E-state index in [2.05, 4.69) is 48.0 Å². The number of hydrogen-bond donors (Lipinski definition) is 3. The maximum atomic E-state index is 11.9. The van der Waals surface area contributed by atoms with Crippen molar-refractivity contribution < 1.29 is 14.3 Å². The molecule has 3 rings (SSSR count). The molecule has 2 fully saturated rings. The molecule has 7 nitrogen and oxygen atoms in total. The molecule has 1 unspecified atom stereocenters. The first-order valence-electron chi connectivity index (χ1n) is 11.8. The molecule has 32 heavy (non-hydrogen) atoms. The van der Waals surface area contributed by atoms with Gasteiger partial charge < -0.3 is 25.4 Å². The van der Waals surface area contributed by atoms with Gasteiger partial charge in [0.25, 0.3) is 0 Å². The van der Waals surface area contributed by atoms with Crippen molar-refractivity contribution >= 4 is 35.8 Å². The molecule has 1 aliphatic heterocycles. The fourth-order valence-electron chi connectivity index (χ4n) is 3.68. The van der Waals surface area contributed by atoms with Gasteiger partial charge in [-0.15, -0.1) is 24.0 Å². The third-order valence-corrected chi connectivity index (χ3v) is 5.89. The van der Waals surface area contributed by atoms with Crippen molar-refractivity contribution in [3.8, 4) is 5.75 Å². The zero-order valence-electron chi connectivity index (χ0n) is 19.5. The average Bonchev–Trinajstić information content (AvgIpc) is 3.23. The molecular formula is C24H39IN4O3. The first kappa shape index (κ1) is 26.7. The molecule has 0 radical (unpaired) electrons. The lowest BCUT2D eigenvalue weighted by Gasteiger charge is -2.24. The van der Waals surface area contributed by atoms with E-state index in [1.807, 2.05) is 0 Å². The van der Waals surface area contributed by atoms with Crippen molar-refractivity contribution in [2.45, 2.75) is 52.5 Å². The SMILES string of the molecule is CCNC(=NCc1ccc(C)cc1OCC1CCOC1)NCCCNC(=O)C1CCC1.I. The highest BCUT2D eigenvalue weighted by atomic mass is 127. The summed E-state index contributed by atoms with van der Waals surface area (Å²) in [5, 5.41) is 9.68. The van der Waals surface area contributed by atoms with Crippen LogP contribution >= 0.6 is 24.0 Å². The maximum Gasteiger partial charge on any atom is 0.223 e. The topological polar surface area (TPSA) is 84.0 Å². The second-order valence-electron chi connectivity index (χ2n) is 8.55. The van der Waals surface area contributed by atoms with Crippen LogP contribution in [0.1, 0.15) is 50.2 Å². The van der Waals surface area contributed by atoms with Crippen molar-refractivity contribution in [2.24, 2.45) is 16.8 Å². The van der Waals surface area contributed by atoms with Crippen molar-refractivity contribution in [3.05, 3.63) is 29.3 Å². The van der Waals surface area contributed by atoms with Gasteiger partial charge in [-0.1, -0.05) is 18.6 Å². The maximum absolute atomic E-state index is 11.9. The second kappa shape index (κ2) is 14.6. The molecule has 1 atom stereocenters. The summed E-state index contributed by atoms with van der Waals surface area (Å²) < 4.78 is 11.6. The Kier molecular flexibility index (Phi) is 12.2. The van der Waals surface area contributed by atoms with Crippen LogP contribution in [0.4, 0.5) is 0 Å². The first-order valence-corrected chi connectivity index (χ1v) is 11.8. The lowest BCUT2D eigenvalue weighted by atomic mass is 9.85. The van der Waals surface area contributed by atoms with E-state index in [9.17, 15) is 4.79 Å². The summed E-state index contributed by atoms with van der Waals surface area (Å²) in [6, 6.07) is 6.28. The predicted molar refractivity (Wildman–Crippen MR) is 139 cm³/mol. The summed E-state index contributed by atoms with van der Waals surface area (Å²) in [5.74, 6) is 2.62. The molecule has 8 heteroatoms. The van der Waals surface area contributed by atoms with Crippen LogP contribution in [0.15, 0.2) is 23.2 Å². The summed E-state index contributed by atoms with van der Waals surface area (Å²) in [7, 11) is 0. The lowest BCUT2D eigenvalue weighted by molar-refractivity contribution is -0.127. The quantitative estimate of drug-likeness (QED) is 0.168. The fraction of sp³-hybridized carbons (Fsp3) is 0.667. The average molecular weight is 559 g/mol. The second-order valence-corrected chi connectivity index (χ2v) is 8.55. The van der Waals surface area contributed by atoms with E-state index < -0.39 is 0 Å². The smallest absolute Gasteiger partial charge is 0.223 e. The highest BCUT2D eigenvalue weighted by Crippen LogP contribution is 2.26. The van der Waals surface area contributed by atoms with Crippen LogP contribution in [0, 0.1) is 18.8 Å². The minimum Gasteiger partial charge on any atom is -0.493 e. The highest BCUT2D eigenvalue weighted by molar-refractivity contribution is 14.0. The van der Waals surface area contributed by atoms with Gasteiger partial charge in [0.1, 0.15) is 5.75 Å². The Labute approximate surface area is 209 Å². The lowest BCUT2D eigenvalue weighted by Crippen LogP contribution is -2.39. The van der Waals surface area contributed by atoms with Crippen LogP contribution in [-0.2, 0) is 16.1 Å². The van der Waals surface area contributed by atoms with Crippen molar-refractivity contribution in [1.82, 2.24) is 16.0 Å². The normalized spacial score (nSPS) is 18.4. The number of benzene rings is 1. The largest absolute Gasteiger partial charge is 0.493 e. The Morgan fingerprint density at radius 3 is 2.69 bits per heavy atom. The Balaban J connectivity index is 0.00000363. The van der Waals surface area contributed by atoms with Gasteiger partial charge in [0.05, 0.1) is 19.8 Å². The van der Waals surface area contributed by atoms with Gasteiger partial charge in [0, 0.05) is 43.6 Å². The number of nitrogens with one attached hydrogen (secondary N) is 3. The van der Waals surface area contributed by atoms with E-state index >= 15 is 0 Å². The number of aryl methyl sites for hydroxylation is 1. The van der Waals surface area contributed by atoms with E-state index in [-0.39, 0.29) is 35.8 Å². The van der Waals surface area contributed by atoms with Crippen molar-refractivity contribution in [2.75, 3.05) is 39.5 Å². The molecule has 0 spiro atoms. The molecule has 1 aromatic carbocycles. The van der Waals surface area contributed by atoms with Gasteiger partial charge in [-0.2, -0.15) is 0 Å². The molecule has 1 saturated carbocycles. The molecule has 1 amide bonds. The summed E-state index contributed by atoms with van der Waals surface area (Å²) in [6.45, 7) is 9.24. The van der Waals surface area contributed by atoms with E-state index in [0.717, 1.165) is 69.3 Å². The zero-order chi connectivity index (χ0) is 21.9. The fourth-order valence-corrected chi connectivity index (χ4v) is 3.68. The van der Waals surface area contributed by atoms with E-state index in [4.69, 9.17) is 14.5 Å². The summed E-state index contributed by atoms with van der Waals surface area (Å²) >= 11 is 0. The third kappa shape index (κ3) is 8.77. The van der Waals surface area contributed by atoms with Crippen LogP contribution in [0.2, 0.25) is 0 Å². The summed E-state index contributed by atoms with van der Waals surface area (Å²) in [6.07, 6.45) is 5.20. The van der Waals surface area contributed by atoms with Crippen LogP contribution in [-0.4, -0.2) is 51.3 Å². The van der Waals surface area contributed by atoms with Crippen LogP contribution in [0.3, 0.4) is 0 Å². The number of rotatable bonds is 11. The van der Waals surface area contributed by atoms with E-state index in [1.165, 1.54) is 12.0 Å². The van der Waals surface area contributed by atoms with Crippen LogP contribution in [0.5, 0.6) is 5.75 Å². The Hall–Kier alpha value is -1.55. The zero-order valence-corrected chi connectivity index (χ0v) is 21.8. The minimum atomic E-state index is 0. The van der Waals surface area contributed by atoms with E-state index in [1.54, 1.807) is 0 Å². The summed E-state index contributed by atoms with van der Waals surface area (Å²) in [4.78, 5) is 16.6. The van der Waals surface area contributed by atoms with Gasteiger partial charge in [-0.05, 0) is 51.2 Å². The number of amides is 1. The number of carbonyl (C=O) groups is 1. The standard InChI is InChI=1S/C24H38N4O3.HI/c1-3-25-24(27-12-5-11-26-23(29)20-6-4-7-20)28-15-21-9-8-18(2)14-22(21)31-17-19-10-13-30-16-19;/h8-9,14,19-20H,3-7,10-13,15-17H2,1-2H3,(H,26,29)(H2,25,27,28);1H. The number of hydrogen-bond acceptors (Lipinski definition) is 4. The number of ether oxygens (including phenoxy) is 2. The molecule has 1 saturated heterocycles. The summed E-state index contributed by atoms with van der Waals surface area (Å²) in [5.41, 5.74) is 2.26. The van der Waals surface area contributed by atoms with Gasteiger partial charge in [-0.25, -0.2) is 4.99 Å².